The van der Waals surface area contributed by atoms with Crippen molar-refractivity contribution in [3.8, 4) is 11.5 Å². The zero-order valence-corrected chi connectivity index (χ0v) is 13.2. The standard InChI is InChI=1S/C16H15N3O6/c1-24-13-7-2-3-8-14(13)25-10-15(20)17-18-16(21)11-5-4-6-12(9-11)19(22)23/h2-9H,10H2,1H3,(H,17,20)(H,18,21). The molecule has 0 aliphatic heterocycles. The van der Waals surface area contributed by atoms with Crippen LogP contribution < -0.4 is 20.3 Å². The molecule has 25 heavy (non-hydrogen) atoms. The highest BCUT2D eigenvalue weighted by atomic mass is 16.6. The molecule has 0 unspecified atom stereocenters. The molecule has 0 saturated heterocycles. The second kappa shape index (κ2) is 8.29. The fraction of sp³-hybridized carbons (Fsp3) is 0.125. The van der Waals surface area contributed by atoms with Crippen LogP contribution in [0, 0.1) is 10.1 Å². The Hall–Kier alpha value is -3.62. The van der Waals surface area contributed by atoms with Crippen LogP contribution in [0.25, 0.3) is 0 Å². The van der Waals surface area contributed by atoms with E-state index in [2.05, 4.69) is 10.9 Å². The van der Waals surface area contributed by atoms with E-state index in [4.69, 9.17) is 9.47 Å². The van der Waals surface area contributed by atoms with Gasteiger partial charge in [0.2, 0.25) is 0 Å². The summed E-state index contributed by atoms with van der Waals surface area (Å²) in [5.74, 6) is -0.444. The van der Waals surface area contributed by atoms with E-state index >= 15 is 0 Å². The molecule has 0 bridgehead atoms. The first kappa shape index (κ1) is 17.7. The fourth-order valence-electron chi connectivity index (χ4n) is 1.88. The number of amides is 2. The summed E-state index contributed by atoms with van der Waals surface area (Å²) in [6.45, 7) is -0.352. The highest BCUT2D eigenvalue weighted by Crippen LogP contribution is 2.25. The van der Waals surface area contributed by atoms with Crippen molar-refractivity contribution in [2.24, 2.45) is 0 Å². The monoisotopic (exact) mass is 345 g/mol. The predicted molar refractivity (Wildman–Crippen MR) is 87.2 cm³/mol. The van der Waals surface area contributed by atoms with E-state index in [0.717, 1.165) is 6.07 Å². The lowest BCUT2D eigenvalue weighted by molar-refractivity contribution is -0.384. The maximum Gasteiger partial charge on any atom is 0.276 e. The molecule has 2 amide bonds. The number of nitro benzene ring substituents is 1. The number of rotatable bonds is 6. The third-order valence-corrected chi connectivity index (χ3v) is 3.06. The molecule has 9 heteroatoms. The summed E-state index contributed by atoms with van der Waals surface area (Å²) in [4.78, 5) is 33.7. The number of nitro groups is 1. The van der Waals surface area contributed by atoms with E-state index in [1.165, 1.54) is 25.3 Å². The molecular weight excluding hydrogens is 330 g/mol. The maximum absolute atomic E-state index is 11.9. The zero-order valence-electron chi connectivity index (χ0n) is 13.2. The van der Waals surface area contributed by atoms with Gasteiger partial charge in [0.05, 0.1) is 12.0 Å². The molecule has 130 valence electrons. The minimum absolute atomic E-state index is 0.0418. The van der Waals surface area contributed by atoms with Crippen molar-refractivity contribution >= 4 is 17.5 Å². The van der Waals surface area contributed by atoms with Crippen LogP contribution in [-0.4, -0.2) is 30.5 Å². The summed E-state index contributed by atoms with van der Waals surface area (Å²) in [5.41, 5.74) is 4.14. The smallest absolute Gasteiger partial charge is 0.276 e. The van der Waals surface area contributed by atoms with Gasteiger partial charge in [0.25, 0.3) is 17.5 Å². The minimum Gasteiger partial charge on any atom is -0.493 e. The first-order valence-electron chi connectivity index (χ1n) is 7.10. The van der Waals surface area contributed by atoms with Crippen LogP contribution in [-0.2, 0) is 4.79 Å². The molecule has 9 nitrogen and oxygen atoms in total. The third-order valence-electron chi connectivity index (χ3n) is 3.06. The van der Waals surface area contributed by atoms with Crippen LogP contribution in [0.2, 0.25) is 0 Å². The number of carbonyl (C=O) groups excluding carboxylic acids is 2. The van der Waals surface area contributed by atoms with Crippen molar-refractivity contribution in [3.05, 3.63) is 64.2 Å². The molecule has 0 saturated carbocycles. The molecule has 0 aliphatic rings. The second-order valence-electron chi connectivity index (χ2n) is 4.75. The van der Waals surface area contributed by atoms with Crippen LogP contribution in [0.5, 0.6) is 11.5 Å². The molecular formula is C16H15N3O6. The normalized spacial score (nSPS) is 9.80. The van der Waals surface area contributed by atoms with Gasteiger partial charge in [-0.15, -0.1) is 0 Å². The van der Waals surface area contributed by atoms with Gasteiger partial charge < -0.3 is 9.47 Å². The second-order valence-corrected chi connectivity index (χ2v) is 4.75. The molecule has 0 spiro atoms. The Morgan fingerprint density at radius 3 is 2.48 bits per heavy atom. The van der Waals surface area contributed by atoms with Gasteiger partial charge >= 0.3 is 0 Å². The van der Waals surface area contributed by atoms with Gasteiger partial charge in [0, 0.05) is 17.7 Å². The molecule has 2 aromatic rings. The van der Waals surface area contributed by atoms with Crippen molar-refractivity contribution in [3.63, 3.8) is 0 Å². The molecule has 2 N–H and O–H groups in total. The number of nitrogens with one attached hydrogen (secondary N) is 2. The predicted octanol–water partition coefficient (Wildman–Crippen LogP) is 1.44. The van der Waals surface area contributed by atoms with Gasteiger partial charge in [-0.1, -0.05) is 18.2 Å². The Morgan fingerprint density at radius 2 is 1.80 bits per heavy atom. The molecule has 0 aromatic heterocycles. The number of nitrogens with zero attached hydrogens (tertiary/aromatic N) is 1. The topological polar surface area (TPSA) is 120 Å². The lowest BCUT2D eigenvalue weighted by Crippen LogP contribution is -2.43. The number of para-hydroxylation sites is 2. The Labute approximate surface area is 142 Å². The van der Waals surface area contributed by atoms with Crippen molar-refractivity contribution in [1.29, 1.82) is 0 Å². The molecule has 0 heterocycles. The number of carbonyl (C=O) groups is 2. The first-order valence-corrected chi connectivity index (χ1v) is 7.10. The Morgan fingerprint density at radius 1 is 1.08 bits per heavy atom. The molecule has 0 fully saturated rings. The van der Waals surface area contributed by atoms with E-state index < -0.39 is 16.7 Å². The average Bonchev–Trinajstić information content (AvgIpc) is 2.64. The Bertz CT molecular complexity index is 793. The number of hydrogen-bond donors (Lipinski definition) is 2. The molecule has 0 radical (unpaired) electrons. The number of hydrazine groups is 1. The molecule has 0 aliphatic carbocycles. The molecule has 0 atom stereocenters. The van der Waals surface area contributed by atoms with Gasteiger partial charge in [0.15, 0.2) is 18.1 Å². The highest BCUT2D eigenvalue weighted by Gasteiger charge is 2.12. The zero-order chi connectivity index (χ0) is 18.2. The number of ether oxygens (including phenoxy) is 2. The maximum atomic E-state index is 11.9. The van der Waals surface area contributed by atoms with Crippen LogP contribution in [0.3, 0.4) is 0 Å². The molecule has 2 rings (SSSR count). The summed E-state index contributed by atoms with van der Waals surface area (Å²) in [6.07, 6.45) is 0. The van der Waals surface area contributed by atoms with Crippen molar-refractivity contribution < 1.29 is 24.0 Å². The fourth-order valence-corrected chi connectivity index (χ4v) is 1.88. The number of methoxy groups -OCH3 is 1. The highest BCUT2D eigenvalue weighted by molar-refractivity contribution is 5.96. The average molecular weight is 345 g/mol. The van der Waals surface area contributed by atoms with Crippen molar-refractivity contribution in [2.45, 2.75) is 0 Å². The van der Waals surface area contributed by atoms with Crippen LogP contribution in [0.4, 0.5) is 5.69 Å². The van der Waals surface area contributed by atoms with E-state index in [0.29, 0.717) is 11.5 Å². The quantitative estimate of drug-likeness (QED) is 0.604. The molecule has 2 aromatic carbocycles. The summed E-state index contributed by atoms with van der Waals surface area (Å²) in [6, 6.07) is 11.9. The van der Waals surface area contributed by atoms with Crippen molar-refractivity contribution in [2.75, 3.05) is 13.7 Å². The summed E-state index contributed by atoms with van der Waals surface area (Å²) < 4.78 is 10.4. The van der Waals surface area contributed by atoms with Gasteiger partial charge in [-0.3, -0.25) is 30.6 Å². The van der Waals surface area contributed by atoms with Crippen molar-refractivity contribution in [1.82, 2.24) is 10.9 Å². The van der Waals surface area contributed by atoms with Gasteiger partial charge in [0.1, 0.15) is 0 Å². The third kappa shape index (κ3) is 4.93. The van der Waals surface area contributed by atoms with E-state index in [9.17, 15) is 19.7 Å². The van der Waals surface area contributed by atoms with Crippen LogP contribution >= 0.6 is 0 Å². The van der Waals surface area contributed by atoms with E-state index in [1.807, 2.05) is 0 Å². The van der Waals surface area contributed by atoms with Crippen LogP contribution in [0.15, 0.2) is 48.5 Å². The van der Waals surface area contributed by atoms with E-state index in [1.54, 1.807) is 24.3 Å². The van der Waals surface area contributed by atoms with Gasteiger partial charge in [-0.05, 0) is 18.2 Å². The SMILES string of the molecule is COc1ccccc1OCC(=O)NNC(=O)c1cccc([N+](=O)[O-])c1. The van der Waals surface area contributed by atoms with Gasteiger partial charge in [-0.25, -0.2) is 0 Å². The number of non-ortho nitro benzene ring substituents is 1. The lowest BCUT2D eigenvalue weighted by Gasteiger charge is -2.11. The van der Waals surface area contributed by atoms with Crippen LogP contribution in [0.1, 0.15) is 10.4 Å². The summed E-state index contributed by atoms with van der Waals surface area (Å²) in [7, 11) is 1.47. The summed E-state index contributed by atoms with van der Waals surface area (Å²) in [5, 5.41) is 10.7. The minimum atomic E-state index is -0.686. The largest absolute Gasteiger partial charge is 0.493 e. The number of hydrogen-bond acceptors (Lipinski definition) is 6. The number of benzene rings is 2. The van der Waals surface area contributed by atoms with E-state index in [-0.39, 0.29) is 17.9 Å². The van der Waals surface area contributed by atoms with Gasteiger partial charge in [-0.2, -0.15) is 0 Å². The lowest BCUT2D eigenvalue weighted by atomic mass is 10.2. The Kier molecular flexibility index (Phi) is 5.88. The first-order chi connectivity index (χ1) is 12.0. The Balaban J connectivity index is 1.86. The summed E-state index contributed by atoms with van der Waals surface area (Å²) >= 11 is 0.